The van der Waals surface area contributed by atoms with E-state index in [0.29, 0.717) is 25.9 Å². The summed E-state index contributed by atoms with van der Waals surface area (Å²) in [6.07, 6.45) is 1.07. The molecule has 1 aromatic carbocycles. The number of methoxy groups -OCH3 is 2. The van der Waals surface area contributed by atoms with Crippen LogP contribution in [0.15, 0.2) is 36.4 Å². The van der Waals surface area contributed by atoms with Crippen LogP contribution >= 0.6 is 0 Å². The lowest BCUT2D eigenvalue weighted by molar-refractivity contribution is -0.154. The topological polar surface area (TPSA) is 68.7 Å². The van der Waals surface area contributed by atoms with Crippen LogP contribution in [0, 0.1) is 5.92 Å². The first kappa shape index (κ1) is 17.4. The van der Waals surface area contributed by atoms with Crippen LogP contribution in [0.2, 0.25) is 0 Å². The molecule has 0 unspecified atom stereocenters. The minimum absolute atomic E-state index is 0.266. The van der Waals surface area contributed by atoms with E-state index in [1.165, 1.54) is 14.2 Å². The molecule has 0 radical (unpaired) electrons. The van der Waals surface area contributed by atoms with E-state index in [1.54, 1.807) is 0 Å². The van der Waals surface area contributed by atoms with E-state index >= 15 is 0 Å². The number of rotatable bonds is 4. The van der Waals surface area contributed by atoms with E-state index in [9.17, 15) is 9.59 Å². The molecule has 6 nitrogen and oxygen atoms in total. The van der Waals surface area contributed by atoms with Gasteiger partial charge in [0.15, 0.2) is 0 Å². The van der Waals surface area contributed by atoms with Crippen molar-refractivity contribution in [2.75, 3.05) is 20.8 Å². The van der Waals surface area contributed by atoms with Crippen LogP contribution in [0.1, 0.15) is 18.5 Å². The number of ether oxygens (including phenoxy) is 2. The van der Waals surface area contributed by atoms with Gasteiger partial charge in [0.2, 0.25) is 0 Å². The highest BCUT2D eigenvalue weighted by molar-refractivity contribution is 5.79. The van der Waals surface area contributed by atoms with Gasteiger partial charge in [-0.3, -0.25) is 19.5 Å². The molecule has 1 aliphatic rings. The quantitative estimate of drug-likeness (QED) is 0.793. The number of fused-ring (bicyclic) bond motifs is 1. The van der Waals surface area contributed by atoms with Gasteiger partial charge < -0.3 is 9.47 Å². The number of benzene rings is 1. The number of esters is 2. The van der Waals surface area contributed by atoms with Crippen molar-refractivity contribution >= 4 is 22.8 Å². The van der Waals surface area contributed by atoms with Gasteiger partial charge in [0, 0.05) is 18.5 Å². The molecule has 25 heavy (non-hydrogen) atoms. The Kier molecular flexibility index (Phi) is 5.28. The van der Waals surface area contributed by atoms with Gasteiger partial charge in [0.1, 0.15) is 6.04 Å². The van der Waals surface area contributed by atoms with E-state index < -0.39 is 6.04 Å². The number of carbonyl (C=O) groups excluding carboxylic acids is 2. The van der Waals surface area contributed by atoms with Crippen molar-refractivity contribution in [1.29, 1.82) is 0 Å². The predicted molar refractivity (Wildman–Crippen MR) is 92.7 cm³/mol. The summed E-state index contributed by atoms with van der Waals surface area (Å²) in [5.41, 5.74) is 1.82. The zero-order valence-electron chi connectivity index (χ0n) is 14.5. The highest BCUT2D eigenvalue weighted by Gasteiger charge is 2.37. The van der Waals surface area contributed by atoms with Gasteiger partial charge in [0.05, 0.1) is 31.3 Å². The molecule has 0 amide bonds. The smallest absolute Gasteiger partial charge is 0.323 e. The molecule has 1 saturated heterocycles. The number of nitrogens with zero attached hydrogens (tertiary/aromatic N) is 2. The third-order valence-corrected chi connectivity index (χ3v) is 4.74. The standard InChI is InChI=1S/C19H22N2O4/c1-24-18(22)14-9-10-21(17(11-14)19(23)25-2)12-15-8-7-13-5-3-4-6-16(13)20-15/h3-8,14,17H,9-12H2,1-2H3/t14-,17+/m1/s1. The number of likely N-dealkylation sites (tertiary alicyclic amines) is 1. The molecule has 0 N–H and O–H groups in total. The maximum Gasteiger partial charge on any atom is 0.323 e. The first-order valence-corrected chi connectivity index (χ1v) is 8.36. The third-order valence-electron chi connectivity index (χ3n) is 4.74. The SMILES string of the molecule is COC(=O)[C@@H]1CCN(Cc2ccc3ccccc3n2)[C@H](C(=O)OC)C1. The molecular weight excluding hydrogens is 320 g/mol. The molecule has 0 spiro atoms. The number of hydrogen-bond acceptors (Lipinski definition) is 6. The largest absolute Gasteiger partial charge is 0.469 e. The van der Waals surface area contributed by atoms with Crippen LogP contribution in [0.3, 0.4) is 0 Å². The summed E-state index contributed by atoms with van der Waals surface area (Å²) in [6, 6.07) is 11.5. The molecule has 1 fully saturated rings. The molecule has 1 aromatic heterocycles. The van der Waals surface area contributed by atoms with Crippen LogP contribution in [-0.4, -0.2) is 48.6 Å². The van der Waals surface area contributed by atoms with Gasteiger partial charge in [-0.15, -0.1) is 0 Å². The summed E-state index contributed by atoms with van der Waals surface area (Å²) in [6.45, 7) is 1.16. The summed E-state index contributed by atoms with van der Waals surface area (Å²) >= 11 is 0. The van der Waals surface area contributed by atoms with Crippen molar-refractivity contribution in [2.24, 2.45) is 5.92 Å². The van der Waals surface area contributed by atoms with Crippen molar-refractivity contribution < 1.29 is 19.1 Å². The van der Waals surface area contributed by atoms with Gasteiger partial charge >= 0.3 is 11.9 Å². The summed E-state index contributed by atoms with van der Waals surface area (Å²) in [5, 5.41) is 1.08. The number of para-hydroxylation sites is 1. The summed E-state index contributed by atoms with van der Waals surface area (Å²) < 4.78 is 9.77. The molecule has 1 aliphatic heterocycles. The maximum absolute atomic E-state index is 12.2. The Morgan fingerprint density at radius 2 is 1.88 bits per heavy atom. The summed E-state index contributed by atoms with van der Waals surface area (Å²) in [7, 11) is 2.75. The number of piperidine rings is 1. The maximum atomic E-state index is 12.2. The Balaban J connectivity index is 1.78. The van der Waals surface area contributed by atoms with Gasteiger partial charge in [-0.1, -0.05) is 24.3 Å². The Hall–Kier alpha value is -2.47. The molecule has 132 valence electrons. The molecule has 2 heterocycles. The van der Waals surface area contributed by atoms with Crippen molar-refractivity contribution in [3.63, 3.8) is 0 Å². The second-order valence-electron chi connectivity index (χ2n) is 6.25. The minimum Gasteiger partial charge on any atom is -0.469 e. The van der Waals surface area contributed by atoms with Gasteiger partial charge in [-0.25, -0.2) is 0 Å². The monoisotopic (exact) mass is 342 g/mol. The molecule has 6 heteroatoms. The minimum atomic E-state index is -0.462. The van der Waals surface area contributed by atoms with Gasteiger partial charge in [-0.2, -0.15) is 0 Å². The van der Waals surface area contributed by atoms with E-state index in [0.717, 1.165) is 16.6 Å². The van der Waals surface area contributed by atoms with Crippen molar-refractivity contribution in [3.05, 3.63) is 42.1 Å². The Labute approximate surface area is 146 Å². The lowest BCUT2D eigenvalue weighted by Crippen LogP contribution is -2.48. The molecule has 0 aliphatic carbocycles. The van der Waals surface area contributed by atoms with Crippen molar-refractivity contribution in [1.82, 2.24) is 9.88 Å². The fourth-order valence-corrected chi connectivity index (χ4v) is 3.37. The second-order valence-corrected chi connectivity index (χ2v) is 6.25. The average Bonchev–Trinajstić information content (AvgIpc) is 2.67. The number of hydrogen-bond donors (Lipinski definition) is 0. The number of aromatic nitrogens is 1. The van der Waals surface area contributed by atoms with Crippen molar-refractivity contribution in [2.45, 2.75) is 25.4 Å². The third kappa shape index (κ3) is 3.79. The molecule has 2 aromatic rings. The number of pyridine rings is 1. The zero-order valence-corrected chi connectivity index (χ0v) is 14.5. The van der Waals surface area contributed by atoms with E-state index in [2.05, 4.69) is 4.98 Å². The lowest BCUT2D eigenvalue weighted by atomic mass is 9.90. The first-order chi connectivity index (χ1) is 12.1. The molecule has 0 saturated carbocycles. The van der Waals surface area contributed by atoms with Crippen LogP contribution < -0.4 is 0 Å². The van der Waals surface area contributed by atoms with Crippen molar-refractivity contribution in [3.8, 4) is 0 Å². The van der Waals surface area contributed by atoms with E-state index in [1.807, 2.05) is 41.3 Å². The van der Waals surface area contributed by atoms with Crippen LogP contribution in [0.5, 0.6) is 0 Å². The zero-order chi connectivity index (χ0) is 17.8. The second kappa shape index (κ2) is 7.61. The Bertz CT molecular complexity index is 777. The molecule has 2 atom stereocenters. The highest BCUT2D eigenvalue weighted by atomic mass is 16.5. The normalized spacial score (nSPS) is 21.0. The van der Waals surface area contributed by atoms with E-state index in [4.69, 9.17) is 9.47 Å². The van der Waals surface area contributed by atoms with Crippen LogP contribution in [0.25, 0.3) is 10.9 Å². The van der Waals surface area contributed by atoms with E-state index in [-0.39, 0.29) is 17.9 Å². The fourth-order valence-electron chi connectivity index (χ4n) is 3.37. The lowest BCUT2D eigenvalue weighted by Gasteiger charge is -2.36. The predicted octanol–water partition coefficient (Wildman–Crippen LogP) is 2.16. The Morgan fingerprint density at radius 1 is 1.12 bits per heavy atom. The molecule has 3 rings (SSSR count). The average molecular weight is 342 g/mol. The molecule has 0 bridgehead atoms. The first-order valence-electron chi connectivity index (χ1n) is 8.36. The van der Waals surface area contributed by atoms with Gasteiger partial charge in [0.25, 0.3) is 0 Å². The number of carbonyl (C=O) groups is 2. The summed E-state index contributed by atoms with van der Waals surface area (Å²) in [5.74, 6) is -0.860. The fraction of sp³-hybridized carbons (Fsp3) is 0.421. The highest BCUT2D eigenvalue weighted by Crippen LogP contribution is 2.26. The van der Waals surface area contributed by atoms with Crippen LogP contribution in [-0.2, 0) is 25.6 Å². The summed E-state index contributed by atoms with van der Waals surface area (Å²) in [4.78, 5) is 30.7. The van der Waals surface area contributed by atoms with Gasteiger partial charge in [-0.05, 0) is 25.0 Å². The molecular formula is C19H22N2O4. The van der Waals surface area contributed by atoms with Crippen LogP contribution in [0.4, 0.5) is 0 Å². The Morgan fingerprint density at radius 3 is 2.64 bits per heavy atom.